The highest BCUT2D eigenvalue weighted by Crippen LogP contribution is 2.09. The fraction of sp³-hybridized carbons (Fsp3) is 0.214. The van der Waals surface area contributed by atoms with Gasteiger partial charge >= 0.3 is 0 Å². The first kappa shape index (κ1) is 12.1. The van der Waals surface area contributed by atoms with Gasteiger partial charge in [-0.25, -0.2) is 0 Å². The predicted octanol–water partition coefficient (Wildman–Crippen LogP) is 3.07. The second-order valence-corrected chi connectivity index (χ2v) is 4.31. The molecule has 1 heterocycles. The Bertz CT molecular complexity index is 440. The maximum absolute atomic E-state index is 5.83. The average Bonchev–Trinajstić information content (AvgIpc) is 2.38. The molecule has 88 valence electrons. The van der Waals surface area contributed by atoms with Crippen LogP contribution in [0, 0.1) is 0 Å². The van der Waals surface area contributed by atoms with Gasteiger partial charge in [0.25, 0.3) is 0 Å². The van der Waals surface area contributed by atoms with Crippen molar-refractivity contribution in [2.45, 2.75) is 13.0 Å². The van der Waals surface area contributed by atoms with Crippen LogP contribution in [-0.4, -0.2) is 11.5 Å². The van der Waals surface area contributed by atoms with E-state index in [0.717, 1.165) is 30.2 Å². The Kier molecular flexibility index (Phi) is 4.54. The lowest BCUT2D eigenvalue weighted by molar-refractivity contribution is 0.675. The van der Waals surface area contributed by atoms with E-state index < -0.39 is 0 Å². The summed E-state index contributed by atoms with van der Waals surface area (Å²) in [7, 11) is 0. The summed E-state index contributed by atoms with van der Waals surface area (Å²) in [5, 5.41) is 4.16. The number of pyridine rings is 1. The Balaban J connectivity index is 1.71. The molecule has 2 rings (SSSR count). The molecule has 2 aromatic rings. The van der Waals surface area contributed by atoms with E-state index in [1.54, 1.807) is 0 Å². The van der Waals surface area contributed by atoms with Crippen molar-refractivity contribution in [3.05, 3.63) is 64.9 Å². The van der Waals surface area contributed by atoms with Crippen molar-refractivity contribution >= 4 is 11.6 Å². The number of halogens is 1. The lowest BCUT2D eigenvalue weighted by Gasteiger charge is -2.04. The maximum Gasteiger partial charge on any atom is 0.0541 e. The number of nitrogens with zero attached hydrogens (tertiary/aromatic N) is 1. The van der Waals surface area contributed by atoms with Gasteiger partial charge in [0.2, 0.25) is 0 Å². The van der Waals surface area contributed by atoms with Crippen LogP contribution in [0.25, 0.3) is 0 Å². The summed E-state index contributed by atoms with van der Waals surface area (Å²) in [5.74, 6) is 0. The van der Waals surface area contributed by atoms with Crippen LogP contribution in [0.15, 0.2) is 48.7 Å². The predicted molar refractivity (Wildman–Crippen MR) is 71.1 cm³/mol. The van der Waals surface area contributed by atoms with Gasteiger partial charge in [-0.2, -0.15) is 0 Å². The first-order valence-electron chi connectivity index (χ1n) is 5.70. The molecule has 1 N–H and O–H groups in total. The van der Waals surface area contributed by atoms with Crippen molar-refractivity contribution in [1.82, 2.24) is 10.3 Å². The number of aromatic nitrogens is 1. The molecule has 2 nitrogen and oxygen atoms in total. The SMILES string of the molecule is Clc1ccc(CCNCc2ccccn2)cc1. The van der Waals surface area contributed by atoms with E-state index in [4.69, 9.17) is 11.6 Å². The van der Waals surface area contributed by atoms with Crippen LogP contribution in [0.2, 0.25) is 5.02 Å². The molecule has 0 aliphatic carbocycles. The van der Waals surface area contributed by atoms with Gasteiger partial charge in [0, 0.05) is 17.8 Å². The molecule has 0 unspecified atom stereocenters. The molecule has 0 atom stereocenters. The monoisotopic (exact) mass is 246 g/mol. The summed E-state index contributed by atoms with van der Waals surface area (Å²) >= 11 is 5.83. The Hall–Kier alpha value is -1.38. The Morgan fingerprint density at radius 3 is 2.59 bits per heavy atom. The smallest absolute Gasteiger partial charge is 0.0541 e. The van der Waals surface area contributed by atoms with E-state index >= 15 is 0 Å². The molecule has 0 amide bonds. The van der Waals surface area contributed by atoms with Crippen molar-refractivity contribution in [3.8, 4) is 0 Å². The number of nitrogens with one attached hydrogen (secondary N) is 1. The summed E-state index contributed by atoms with van der Waals surface area (Å²) in [6.45, 7) is 1.76. The van der Waals surface area contributed by atoms with Gasteiger partial charge in [-0.15, -0.1) is 0 Å². The Morgan fingerprint density at radius 1 is 1.06 bits per heavy atom. The molecule has 0 spiro atoms. The molecule has 0 fully saturated rings. The van der Waals surface area contributed by atoms with Crippen molar-refractivity contribution in [2.75, 3.05) is 6.54 Å². The summed E-state index contributed by atoms with van der Waals surface area (Å²) < 4.78 is 0. The zero-order chi connectivity index (χ0) is 11.9. The Labute approximate surface area is 107 Å². The van der Waals surface area contributed by atoms with E-state index in [9.17, 15) is 0 Å². The normalized spacial score (nSPS) is 10.4. The molecule has 3 heteroatoms. The van der Waals surface area contributed by atoms with Gasteiger partial charge in [-0.3, -0.25) is 4.98 Å². The fourth-order valence-corrected chi connectivity index (χ4v) is 1.73. The van der Waals surface area contributed by atoms with Gasteiger partial charge in [-0.05, 0) is 42.8 Å². The highest BCUT2D eigenvalue weighted by Gasteiger charge is 1.95. The van der Waals surface area contributed by atoms with Crippen molar-refractivity contribution in [1.29, 1.82) is 0 Å². The van der Waals surface area contributed by atoms with Gasteiger partial charge < -0.3 is 5.32 Å². The molecule has 1 aromatic heterocycles. The molecular weight excluding hydrogens is 232 g/mol. The molecule has 0 saturated carbocycles. The van der Waals surface area contributed by atoms with Gasteiger partial charge in [0.1, 0.15) is 0 Å². The number of hydrogen-bond donors (Lipinski definition) is 1. The van der Waals surface area contributed by atoms with Gasteiger partial charge in [0.05, 0.1) is 5.69 Å². The topological polar surface area (TPSA) is 24.9 Å². The molecule has 17 heavy (non-hydrogen) atoms. The van der Waals surface area contributed by atoms with Crippen LogP contribution >= 0.6 is 11.6 Å². The van der Waals surface area contributed by atoms with Crippen molar-refractivity contribution in [3.63, 3.8) is 0 Å². The highest BCUT2D eigenvalue weighted by molar-refractivity contribution is 6.30. The molecule has 0 aliphatic rings. The fourth-order valence-electron chi connectivity index (χ4n) is 1.60. The van der Waals surface area contributed by atoms with Crippen LogP contribution < -0.4 is 5.32 Å². The van der Waals surface area contributed by atoms with Crippen LogP contribution in [0.5, 0.6) is 0 Å². The zero-order valence-corrected chi connectivity index (χ0v) is 10.3. The molecule has 0 radical (unpaired) electrons. The summed E-state index contributed by atoms with van der Waals surface area (Å²) in [4.78, 5) is 4.25. The van der Waals surface area contributed by atoms with Gasteiger partial charge in [-0.1, -0.05) is 29.8 Å². The first-order chi connectivity index (χ1) is 8.34. The van der Waals surface area contributed by atoms with Crippen LogP contribution in [0.4, 0.5) is 0 Å². The minimum absolute atomic E-state index is 0.787. The summed E-state index contributed by atoms with van der Waals surface area (Å²) in [6, 6.07) is 13.9. The lowest BCUT2D eigenvalue weighted by atomic mass is 10.1. The van der Waals surface area contributed by atoms with E-state index in [-0.39, 0.29) is 0 Å². The van der Waals surface area contributed by atoms with Gasteiger partial charge in [0.15, 0.2) is 0 Å². The quantitative estimate of drug-likeness (QED) is 0.821. The molecule has 1 aromatic carbocycles. The maximum atomic E-state index is 5.83. The average molecular weight is 247 g/mol. The van der Waals surface area contributed by atoms with E-state index in [2.05, 4.69) is 22.4 Å². The molecule has 0 bridgehead atoms. The number of rotatable bonds is 5. The largest absolute Gasteiger partial charge is 0.311 e. The van der Waals surface area contributed by atoms with E-state index in [1.165, 1.54) is 5.56 Å². The van der Waals surface area contributed by atoms with Crippen LogP contribution in [0.3, 0.4) is 0 Å². The highest BCUT2D eigenvalue weighted by atomic mass is 35.5. The second-order valence-electron chi connectivity index (χ2n) is 3.87. The second kappa shape index (κ2) is 6.38. The summed E-state index contributed by atoms with van der Waals surface area (Å²) in [5.41, 5.74) is 2.37. The van der Waals surface area contributed by atoms with Crippen LogP contribution in [-0.2, 0) is 13.0 Å². The minimum atomic E-state index is 0.787. The van der Waals surface area contributed by atoms with Crippen molar-refractivity contribution < 1.29 is 0 Å². The summed E-state index contributed by atoms with van der Waals surface area (Å²) in [6.07, 6.45) is 2.82. The first-order valence-corrected chi connectivity index (χ1v) is 6.07. The molecular formula is C14H15ClN2. The molecule has 0 aliphatic heterocycles. The third kappa shape index (κ3) is 4.17. The Morgan fingerprint density at radius 2 is 1.88 bits per heavy atom. The third-order valence-electron chi connectivity index (χ3n) is 2.54. The minimum Gasteiger partial charge on any atom is -0.311 e. The zero-order valence-electron chi connectivity index (χ0n) is 9.57. The number of benzene rings is 1. The third-order valence-corrected chi connectivity index (χ3v) is 2.79. The van der Waals surface area contributed by atoms with Crippen LogP contribution in [0.1, 0.15) is 11.3 Å². The van der Waals surface area contributed by atoms with E-state index in [0.29, 0.717) is 0 Å². The van der Waals surface area contributed by atoms with Crippen molar-refractivity contribution in [2.24, 2.45) is 0 Å². The standard InChI is InChI=1S/C14H15ClN2/c15-13-6-4-12(5-7-13)8-10-16-11-14-3-1-2-9-17-14/h1-7,9,16H,8,10-11H2. The lowest BCUT2D eigenvalue weighted by Crippen LogP contribution is -2.17. The van der Waals surface area contributed by atoms with E-state index in [1.807, 2.05) is 36.5 Å². The number of hydrogen-bond acceptors (Lipinski definition) is 2. The molecule has 0 saturated heterocycles.